The highest BCUT2D eigenvalue weighted by Crippen LogP contribution is 2.31. The van der Waals surface area contributed by atoms with Crippen LogP contribution in [0.15, 0.2) is 83.0 Å². The summed E-state index contributed by atoms with van der Waals surface area (Å²) in [4.78, 5) is 17.0. The van der Waals surface area contributed by atoms with Crippen molar-refractivity contribution in [2.45, 2.75) is 17.8 Å². The molecule has 0 radical (unpaired) electrons. The zero-order valence-electron chi connectivity index (χ0n) is 19.0. The molecule has 0 aliphatic rings. The van der Waals surface area contributed by atoms with Gasteiger partial charge in [0.05, 0.1) is 22.3 Å². The Morgan fingerprint density at radius 1 is 0.914 bits per heavy atom. The van der Waals surface area contributed by atoms with Gasteiger partial charge in [-0.1, -0.05) is 42.1 Å². The molecule has 6 aromatic rings. The van der Waals surface area contributed by atoms with Crippen LogP contribution in [0, 0.1) is 6.92 Å². The van der Waals surface area contributed by atoms with Crippen LogP contribution in [-0.2, 0) is 12.8 Å². The smallest absolute Gasteiger partial charge is 0.262 e. The summed E-state index contributed by atoms with van der Waals surface area (Å²) in [7, 11) is 1.71. The van der Waals surface area contributed by atoms with Crippen LogP contribution >= 0.6 is 11.8 Å². The van der Waals surface area contributed by atoms with Gasteiger partial charge in [0, 0.05) is 25.0 Å². The molecule has 4 heterocycles. The number of hydrogen-bond donors (Lipinski definition) is 0. The highest BCUT2D eigenvalue weighted by Gasteiger charge is 2.20. The molecule has 10 heteroatoms. The zero-order valence-corrected chi connectivity index (χ0v) is 19.8. The summed E-state index contributed by atoms with van der Waals surface area (Å²) in [5.41, 5.74) is 3.66. The first kappa shape index (κ1) is 21.2. The van der Waals surface area contributed by atoms with Gasteiger partial charge in [-0.2, -0.15) is 0 Å². The van der Waals surface area contributed by atoms with Gasteiger partial charge >= 0.3 is 0 Å². The lowest BCUT2D eigenvalue weighted by atomic mass is 10.2. The van der Waals surface area contributed by atoms with Crippen LogP contribution in [0.25, 0.3) is 33.8 Å². The van der Waals surface area contributed by atoms with Gasteiger partial charge in [0.15, 0.2) is 11.0 Å². The minimum Gasteiger partial charge on any atom is -0.279 e. The number of hydrogen-bond acceptors (Lipinski definition) is 7. The number of rotatable bonds is 5. The normalized spacial score (nSPS) is 11.5. The molecule has 0 atom stereocenters. The molecule has 0 spiro atoms. The van der Waals surface area contributed by atoms with Gasteiger partial charge in [-0.25, -0.2) is 0 Å². The first-order valence-electron chi connectivity index (χ1n) is 11.0. The van der Waals surface area contributed by atoms with Crippen molar-refractivity contribution in [1.29, 1.82) is 0 Å². The number of thioether (sulfide) groups is 1. The van der Waals surface area contributed by atoms with Crippen molar-refractivity contribution in [3.8, 4) is 17.1 Å². The van der Waals surface area contributed by atoms with E-state index in [9.17, 15) is 4.79 Å². The summed E-state index contributed by atoms with van der Waals surface area (Å²) in [6.45, 7) is 2.06. The number of para-hydroxylation sites is 2. The molecule has 0 aliphatic heterocycles. The lowest BCUT2D eigenvalue weighted by Crippen LogP contribution is -2.20. The number of nitrogens with zero attached hydrogens (tertiary/aromatic N) is 8. The van der Waals surface area contributed by atoms with Gasteiger partial charge in [0.1, 0.15) is 5.82 Å². The highest BCUT2D eigenvalue weighted by molar-refractivity contribution is 7.98. The molecule has 6 rings (SSSR count). The highest BCUT2D eigenvalue weighted by atomic mass is 32.2. The van der Waals surface area contributed by atoms with Gasteiger partial charge in [-0.3, -0.25) is 23.3 Å². The largest absolute Gasteiger partial charge is 0.279 e. The molecule has 0 saturated carbocycles. The molecule has 0 amide bonds. The van der Waals surface area contributed by atoms with Crippen LogP contribution in [0.5, 0.6) is 0 Å². The van der Waals surface area contributed by atoms with E-state index in [2.05, 4.69) is 44.4 Å². The summed E-state index contributed by atoms with van der Waals surface area (Å²) in [6.07, 6.45) is 3.52. The number of pyridine rings is 1. The summed E-state index contributed by atoms with van der Waals surface area (Å²) < 4.78 is 5.51. The Morgan fingerprint density at radius 3 is 2.57 bits per heavy atom. The number of fused-ring (bicyclic) bond motifs is 3. The number of aryl methyl sites for hydroxylation is 2. The Labute approximate surface area is 204 Å². The maximum Gasteiger partial charge on any atom is 0.262 e. The molecule has 0 aliphatic carbocycles. The molecule has 172 valence electrons. The molecule has 2 aromatic carbocycles. The van der Waals surface area contributed by atoms with Crippen LogP contribution in [-0.4, -0.2) is 38.9 Å². The fraction of sp³-hybridized carbons (Fsp3) is 0.120. The van der Waals surface area contributed by atoms with Gasteiger partial charge in [-0.05, 0) is 42.8 Å². The van der Waals surface area contributed by atoms with E-state index in [1.165, 1.54) is 16.3 Å². The molecular formula is C25H20N8OS. The number of aromatic nitrogens is 8. The third-order valence-corrected chi connectivity index (χ3v) is 6.86. The maximum absolute atomic E-state index is 12.8. The molecule has 35 heavy (non-hydrogen) atoms. The minimum atomic E-state index is -0.0971. The second-order valence-electron chi connectivity index (χ2n) is 8.09. The van der Waals surface area contributed by atoms with Crippen LogP contribution in [0.4, 0.5) is 0 Å². The quantitative estimate of drug-likeness (QED) is 0.346. The van der Waals surface area contributed by atoms with Gasteiger partial charge in [-0.15, -0.1) is 20.4 Å². The van der Waals surface area contributed by atoms with E-state index in [1.807, 2.05) is 57.5 Å². The molecule has 4 aromatic heterocycles. The molecule has 0 N–H and O–H groups in total. The van der Waals surface area contributed by atoms with Crippen molar-refractivity contribution in [2.75, 3.05) is 0 Å². The van der Waals surface area contributed by atoms with E-state index in [0.717, 1.165) is 33.3 Å². The van der Waals surface area contributed by atoms with Gasteiger partial charge in [0.25, 0.3) is 5.56 Å². The fourth-order valence-corrected chi connectivity index (χ4v) is 5.05. The van der Waals surface area contributed by atoms with Crippen molar-refractivity contribution in [2.24, 2.45) is 7.05 Å². The molecule has 0 unspecified atom stereocenters. The van der Waals surface area contributed by atoms with E-state index < -0.39 is 0 Å². The van der Waals surface area contributed by atoms with E-state index in [-0.39, 0.29) is 5.56 Å². The molecule has 0 fully saturated rings. The van der Waals surface area contributed by atoms with Crippen molar-refractivity contribution in [1.82, 2.24) is 38.9 Å². The summed E-state index contributed by atoms with van der Waals surface area (Å²) in [5.74, 6) is 2.43. The van der Waals surface area contributed by atoms with Crippen LogP contribution < -0.4 is 5.56 Å². The predicted octanol–water partition coefficient (Wildman–Crippen LogP) is 3.82. The number of benzene rings is 2. The predicted molar refractivity (Wildman–Crippen MR) is 135 cm³/mol. The average molecular weight is 481 g/mol. The zero-order chi connectivity index (χ0) is 23.9. The van der Waals surface area contributed by atoms with Crippen LogP contribution in [0.1, 0.15) is 11.4 Å². The Balaban J connectivity index is 1.46. The lowest BCUT2D eigenvalue weighted by Gasteiger charge is -2.12. The van der Waals surface area contributed by atoms with E-state index in [4.69, 9.17) is 0 Å². The van der Waals surface area contributed by atoms with Gasteiger partial charge in [0.2, 0.25) is 5.78 Å². The van der Waals surface area contributed by atoms with Crippen LogP contribution in [0.2, 0.25) is 0 Å². The second-order valence-corrected chi connectivity index (χ2v) is 9.03. The van der Waals surface area contributed by atoms with Gasteiger partial charge < -0.3 is 0 Å². The van der Waals surface area contributed by atoms with E-state index in [0.29, 0.717) is 22.7 Å². The Morgan fingerprint density at radius 2 is 1.74 bits per heavy atom. The third-order valence-electron chi connectivity index (χ3n) is 5.93. The monoisotopic (exact) mass is 480 g/mol. The maximum atomic E-state index is 12.8. The fourth-order valence-electron chi connectivity index (χ4n) is 4.19. The Kier molecular flexibility index (Phi) is 5.14. The van der Waals surface area contributed by atoms with Crippen molar-refractivity contribution < 1.29 is 0 Å². The second kappa shape index (κ2) is 8.48. The Bertz CT molecular complexity index is 1750. The van der Waals surface area contributed by atoms with Crippen LogP contribution in [0.3, 0.4) is 0 Å². The Hall–Kier alpha value is -4.31. The van der Waals surface area contributed by atoms with Crippen molar-refractivity contribution >= 4 is 28.4 Å². The topological polar surface area (TPSA) is 95.8 Å². The minimum absolute atomic E-state index is 0.0971. The first-order valence-corrected chi connectivity index (χ1v) is 12.0. The van der Waals surface area contributed by atoms with E-state index in [1.54, 1.807) is 19.4 Å². The lowest BCUT2D eigenvalue weighted by molar-refractivity contribution is 0.857. The average Bonchev–Trinajstić information content (AvgIpc) is 3.51. The third kappa shape index (κ3) is 3.50. The summed E-state index contributed by atoms with van der Waals surface area (Å²) >= 11 is 1.52. The van der Waals surface area contributed by atoms with Crippen molar-refractivity contribution in [3.05, 3.63) is 94.8 Å². The molecule has 0 bridgehead atoms. The van der Waals surface area contributed by atoms with Crippen molar-refractivity contribution in [3.63, 3.8) is 0 Å². The molecule has 9 nitrogen and oxygen atoms in total. The van der Waals surface area contributed by atoms with E-state index >= 15 is 0 Å². The standard InChI is InChI=1S/C25H20N8OS/c1-16-8-3-5-11-19(16)33-22(17-9-7-13-26-14-17)28-30-25(33)35-15-21-27-29-24-31(2)23(34)18-10-4-6-12-20(18)32(21)24/h3-14H,15H2,1-2H3. The first-order chi connectivity index (χ1) is 17.1. The SMILES string of the molecule is Cc1ccccc1-n1c(SCc2nnc3n(C)c(=O)c4ccccc4n23)nnc1-c1cccnc1. The summed E-state index contributed by atoms with van der Waals surface area (Å²) in [5, 5.41) is 19.1. The summed E-state index contributed by atoms with van der Waals surface area (Å²) in [6, 6.07) is 19.5. The molecular weight excluding hydrogens is 460 g/mol. The molecule has 0 saturated heterocycles.